The fourth-order valence-electron chi connectivity index (χ4n) is 2.33. The van der Waals surface area contributed by atoms with Crippen LogP contribution in [0, 0.1) is 0 Å². The van der Waals surface area contributed by atoms with E-state index in [4.69, 9.17) is 9.47 Å². The highest BCUT2D eigenvalue weighted by Gasteiger charge is 2.22. The lowest BCUT2D eigenvalue weighted by molar-refractivity contribution is -0.145. The van der Waals surface area contributed by atoms with E-state index in [9.17, 15) is 4.79 Å². The maximum Gasteiger partial charge on any atom is 0.344 e. The van der Waals surface area contributed by atoms with Crippen LogP contribution in [0.5, 0.6) is 5.75 Å². The van der Waals surface area contributed by atoms with E-state index < -0.39 is 0 Å². The zero-order chi connectivity index (χ0) is 16.0. The summed E-state index contributed by atoms with van der Waals surface area (Å²) in [4.78, 5) is 11.3. The Balaban J connectivity index is 2.07. The molecule has 0 N–H and O–H groups in total. The number of ether oxygens (including phenoxy) is 2. The summed E-state index contributed by atoms with van der Waals surface area (Å²) in [6.45, 7) is 6.47. The molecule has 22 heavy (non-hydrogen) atoms. The largest absolute Gasteiger partial charge is 0.482 e. The van der Waals surface area contributed by atoms with E-state index in [0.29, 0.717) is 12.4 Å². The number of carbonyl (C=O) groups is 1. The van der Waals surface area contributed by atoms with E-state index in [0.717, 1.165) is 0 Å². The van der Waals surface area contributed by atoms with Gasteiger partial charge in [-0.1, -0.05) is 56.3 Å². The van der Waals surface area contributed by atoms with Crippen molar-refractivity contribution in [3.63, 3.8) is 0 Å². The van der Waals surface area contributed by atoms with Crippen molar-refractivity contribution in [1.29, 1.82) is 0 Å². The van der Waals surface area contributed by atoms with Gasteiger partial charge in [-0.05, 0) is 30.2 Å². The Kier molecular flexibility index (Phi) is 5.21. The van der Waals surface area contributed by atoms with Crippen molar-refractivity contribution < 1.29 is 14.3 Å². The van der Waals surface area contributed by atoms with Gasteiger partial charge in [-0.25, -0.2) is 4.79 Å². The van der Waals surface area contributed by atoms with Gasteiger partial charge in [0.15, 0.2) is 6.61 Å². The normalized spacial score (nSPS) is 11.0. The van der Waals surface area contributed by atoms with Crippen molar-refractivity contribution in [3.05, 3.63) is 65.7 Å². The van der Waals surface area contributed by atoms with E-state index >= 15 is 0 Å². The summed E-state index contributed by atoms with van der Waals surface area (Å²) in [5.41, 5.74) is 2.37. The third-order valence-electron chi connectivity index (χ3n) is 3.73. The van der Waals surface area contributed by atoms with Crippen LogP contribution < -0.4 is 4.74 Å². The van der Waals surface area contributed by atoms with Crippen molar-refractivity contribution in [1.82, 2.24) is 0 Å². The molecule has 0 bridgehead atoms. The highest BCUT2D eigenvalue weighted by atomic mass is 16.6. The number of rotatable bonds is 6. The molecule has 2 aromatic carbocycles. The smallest absolute Gasteiger partial charge is 0.344 e. The van der Waals surface area contributed by atoms with Crippen LogP contribution in [0.3, 0.4) is 0 Å². The first kappa shape index (κ1) is 16.1. The molecule has 0 aliphatic rings. The topological polar surface area (TPSA) is 35.5 Å². The molecule has 0 saturated carbocycles. The lowest BCUT2D eigenvalue weighted by Crippen LogP contribution is -2.18. The molecular weight excluding hydrogens is 276 g/mol. The highest BCUT2D eigenvalue weighted by molar-refractivity contribution is 5.71. The molecule has 0 radical (unpaired) electrons. The van der Waals surface area contributed by atoms with E-state index in [1.165, 1.54) is 11.1 Å². The Hall–Kier alpha value is -2.29. The molecule has 116 valence electrons. The minimum atomic E-state index is -0.351. The molecule has 0 aliphatic heterocycles. The molecule has 0 aromatic heterocycles. The lowest BCUT2D eigenvalue weighted by Gasteiger charge is -2.26. The molecule has 3 nitrogen and oxygen atoms in total. The number of esters is 1. The van der Waals surface area contributed by atoms with Crippen molar-refractivity contribution in [3.8, 4) is 5.75 Å². The summed E-state index contributed by atoms with van der Waals surface area (Å²) in [5.74, 6) is 0.317. The van der Waals surface area contributed by atoms with Crippen LogP contribution in [0.25, 0.3) is 0 Å². The molecular formula is C19H22O3. The van der Waals surface area contributed by atoms with Crippen LogP contribution in [0.1, 0.15) is 31.9 Å². The first-order chi connectivity index (χ1) is 10.5. The standard InChI is InChI=1S/C19H22O3/c1-4-21-18(20)14-22-17-12-10-16(11-13-17)19(2,3)15-8-6-5-7-9-15/h5-13H,4,14H2,1-3H3. The number of benzene rings is 2. The van der Waals surface area contributed by atoms with Crippen LogP contribution in [0.15, 0.2) is 54.6 Å². The Labute approximate surface area is 131 Å². The quantitative estimate of drug-likeness (QED) is 0.757. The monoisotopic (exact) mass is 298 g/mol. The molecule has 2 rings (SSSR count). The molecule has 2 aromatic rings. The molecule has 3 heteroatoms. The molecule has 0 fully saturated rings. The van der Waals surface area contributed by atoms with Gasteiger partial charge in [-0.2, -0.15) is 0 Å². The van der Waals surface area contributed by atoms with Crippen LogP contribution in [0.2, 0.25) is 0 Å². The third-order valence-corrected chi connectivity index (χ3v) is 3.73. The number of hydrogen-bond donors (Lipinski definition) is 0. The van der Waals surface area contributed by atoms with Gasteiger partial charge < -0.3 is 9.47 Å². The summed E-state index contributed by atoms with van der Waals surface area (Å²) in [7, 11) is 0. The van der Waals surface area contributed by atoms with Gasteiger partial charge in [0, 0.05) is 5.41 Å². The van der Waals surface area contributed by atoms with Crippen molar-refractivity contribution >= 4 is 5.97 Å². The second kappa shape index (κ2) is 7.12. The second-order valence-electron chi connectivity index (χ2n) is 5.61. The first-order valence-electron chi connectivity index (χ1n) is 7.48. The zero-order valence-electron chi connectivity index (χ0n) is 13.3. The predicted molar refractivity (Wildman–Crippen MR) is 87.1 cm³/mol. The van der Waals surface area contributed by atoms with Gasteiger partial charge in [-0.3, -0.25) is 0 Å². The van der Waals surface area contributed by atoms with Gasteiger partial charge in [0.05, 0.1) is 6.61 Å². The fraction of sp³-hybridized carbons (Fsp3) is 0.316. The Morgan fingerprint density at radius 3 is 2.14 bits per heavy atom. The van der Waals surface area contributed by atoms with E-state index in [1.54, 1.807) is 6.92 Å². The Morgan fingerprint density at radius 1 is 0.955 bits per heavy atom. The summed E-state index contributed by atoms with van der Waals surface area (Å²) >= 11 is 0. The van der Waals surface area contributed by atoms with E-state index in [1.807, 2.05) is 42.5 Å². The lowest BCUT2D eigenvalue weighted by atomic mass is 9.78. The highest BCUT2D eigenvalue weighted by Crippen LogP contribution is 2.32. The fourth-order valence-corrected chi connectivity index (χ4v) is 2.33. The minimum Gasteiger partial charge on any atom is -0.482 e. The SMILES string of the molecule is CCOC(=O)COc1ccc(C(C)(C)c2ccccc2)cc1. The molecule has 0 heterocycles. The van der Waals surface area contributed by atoms with Crippen LogP contribution in [0.4, 0.5) is 0 Å². The number of hydrogen-bond acceptors (Lipinski definition) is 3. The Morgan fingerprint density at radius 2 is 1.55 bits per heavy atom. The van der Waals surface area contributed by atoms with Gasteiger partial charge in [0.1, 0.15) is 5.75 Å². The maximum atomic E-state index is 11.3. The van der Waals surface area contributed by atoms with Crippen LogP contribution in [-0.2, 0) is 14.9 Å². The van der Waals surface area contributed by atoms with Crippen molar-refractivity contribution in [2.24, 2.45) is 0 Å². The van der Waals surface area contributed by atoms with E-state index in [2.05, 4.69) is 26.0 Å². The molecule has 0 amide bonds. The molecule has 0 saturated heterocycles. The molecule has 0 aliphatic carbocycles. The summed E-state index contributed by atoms with van der Waals surface area (Å²) in [6.07, 6.45) is 0. The molecule has 0 spiro atoms. The first-order valence-corrected chi connectivity index (χ1v) is 7.48. The zero-order valence-corrected chi connectivity index (χ0v) is 13.3. The van der Waals surface area contributed by atoms with Crippen LogP contribution >= 0.6 is 0 Å². The average molecular weight is 298 g/mol. The average Bonchev–Trinajstić information content (AvgIpc) is 2.54. The van der Waals surface area contributed by atoms with Crippen molar-refractivity contribution in [2.45, 2.75) is 26.2 Å². The summed E-state index contributed by atoms with van der Waals surface area (Å²) < 4.78 is 10.3. The minimum absolute atomic E-state index is 0.0603. The third kappa shape index (κ3) is 3.88. The van der Waals surface area contributed by atoms with E-state index in [-0.39, 0.29) is 18.0 Å². The van der Waals surface area contributed by atoms with Gasteiger partial charge in [-0.15, -0.1) is 0 Å². The van der Waals surface area contributed by atoms with Gasteiger partial charge in [0.2, 0.25) is 0 Å². The maximum absolute atomic E-state index is 11.3. The molecule has 0 atom stereocenters. The van der Waals surface area contributed by atoms with Gasteiger partial charge >= 0.3 is 5.97 Å². The predicted octanol–water partition coefficient (Wildman–Crippen LogP) is 3.95. The Bertz CT molecular complexity index is 600. The molecule has 0 unspecified atom stereocenters. The van der Waals surface area contributed by atoms with Crippen LogP contribution in [-0.4, -0.2) is 19.2 Å². The van der Waals surface area contributed by atoms with Crippen molar-refractivity contribution in [2.75, 3.05) is 13.2 Å². The summed E-state index contributed by atoms with van der Waals surface area (Å²) in [6, 6.07) is 18.2. The number of carbonyl (C=O) groups excluding carboxylic acids is 1. The summed E-state index contributed by atoms with van der Waals surface area (Å²) in [5, 5.41) is 0. The van der Waals surface area contributed by atoms with Gasteiger partial charge in [0.25, 0.3) is 0 Å². The second-order valence-corrected chi connectivity index (χ2v) is 5.61.